The number of piperidine rings is 1. The molecule has 0 spiro atoms. The third kappa shape index (κ3) is 4.88. The summed E-state index contributed by atoms with van der Waals surface area (Å²) < 4.78 is 1.31. The van der Waals surface area contributed by atoms with E-state index in [0.717, 1.165) is 32.4 Å². The van der Waals surface area contributed by atoms with Gasteiger partial charge in [-0.3, -0.25) is 19.3 Å². The molecule has 0 unspecified atom stereocenters. The van der Waals surface area contributed by atoms with Gasteiger partial charge in [-0.25, -0.2) is 4.68 Å². The van der Waals surface area contributed by atoms with Crippen LogP contribution >= 0.6 is 0 Å². The molecule has 23 heavy (non-hydrogen) atoms. The Hall–Kier alpha value is -2.22. The number of nitrogens with one attached hydrogen (secondary N) is 1. The van der Waals surface area contributed by atoms with Crippen LogP contribution in [0.15, 0.2) is 16.9 Å². The smallest absolute Gasteiger partial charge is 0.271 e. The summed E-state index contributed by atoms with van der Waals surface area (Å²) in [6.07, 6.45) is 2.29. The molecule has 1 fully saturated rings. The second-order valence-electron chi connectivity index (χ2n) is 5.77. The van der Waals surface area contributed by atoms with Crippen LogP contribution in [0.5, 0.6) is 0 Å². The van der Waals surface area contributed by atoms with Gasteiger partial charge in [0.2, 0.25) is 5.91 Å². The van der Waals surface area contributed by atoms with Crippen LogP contribution in [0.25, 0.3) is 0 Å². The third-order valence-corrected chi connectivity index (χ3v) is 3.84. The lowest BCUT2D eigenvalue weighted by Crippen LogP contribution is -2.47. The van der Waals surface area contributed by atoms with Gasteiger partial charge < -0.3 is 11.1 Å². The van der Waals surface area contributed by atoms with Gasteiger partial charge >= 0.3 is 0 Å². The predicted octanol–water partition coefficient (Wildman–Crippen LogP) is -0.667. The fourth-order valence-electron chi connectivity index (χ4n) is 2.66. The maximum atomic E-state index is 12.3. The second kappa shape index (κ2) is 7.87. The predicted molar refractivity (Wildman–Crippen MR) is 84.9 cm³/mol. The first-order chi connectivity index (χ1) is 11.0. The Kier molecular flexibility index (Phi) is 5.86. The van der Waals surface area contributed by atoms with Crippen LogP contribution in [0.4, 0.5) is 0 Å². The zero-order valence-corrected chi connectivity index (χ0v) is 13.3. The molecule has 3 N–H and O–H groups in total. The van der Waals surface area contributed by atoms with Crippen molar-refractivity contribution in [3.8, 4) is 0 Å². The highest BCUT2D eigenvalue weighted by Gasteiger charge is 2.22. The highest BCUT2D eigenvalue weighted by atomic mass is 16.2. The number of aryl methyl sites for hydroxylation is 1. The molecule has 1 aromatic heterocycles. The molecular weight excluding hydrogens is 298 g/mol. The van der Waals surface area contributed by atoms with E-state index in [1.807, 2.05) is 11.8 Å². The van der Waals surface area contributed by atoms with Crippen molar-refractivity contribution in [3.05, 3.63) is 28.2 Å². The second-order valence-corrected chi connectivity index (χ2v) is 5.77. The fourth-order valence-corrected chi connectivity index (χ4v) is 2.66. The Morgan fingerprint density at radius 3 is 2.65 bits per heavy atom. The van der Waals surface area contributed by atoms with Gasteiger partial charge in [0.25, 0.3) is 11.5 Å². The minimum Gasteiger partial charge on any atom is -0.369 e. The number of carbonyl (C=O) groups is 2. The van der Waals surface area contributed by atoms with Gasteiger partial charge in [-0.15, -0.1) is 0 Å². The topological polar surface area (TPSA) is 110 Å². The molecular formula is C15H23N5O3. The van der Waals surface area contributed by atoms with Crippen LogP contribution in [-0.2, 0) is 11.3 Å². The van der Waals surface area contributed by atoms with Crippen molar-refractivity contribution in [3.63, 3.8) is 0 Å². The number of primary amides is 1. The molecule has 126 valence electrons. The van der Waals surface area contributed by atoms with Crippen LogP contribution in [-0.4, -0.2) is 52.2 Å². The summed E-state index contributed by atoms with van der Waals surface area (Å²) in [7, 11) is 0. The normalized spacial score (nSPS) is 16.2. The van der Waals surface area contributed by atoms with E-state index < -0.39 is 0 Å². The van der Waals surface area contributed by atoms with Gasteiger partial charge in [0.1, 0.15) is 5.69 Å². The van der Waals surface area contributed by atoms with Gasteiger partial charge in [-0.1, -0.05) is 6.92 Å². The Morgan fingerprint density at radius 2 is 2.04 bits per heavy atom. The average molecular weight is 321 g/mol. The van der Waals surface area contributed by atoms with Crippen LogP contribution < -0.4 is 16.6 Å². The van der Waals surface area contributed by atoms with Gasteiger partial charge in [-0.2, -0.15) is 5.10 Å². The minimum atomic E-state index is -0.338. The average Bonchev–Trinajstić information content (AvgIpc) is 2.51. The van der Waals surface area contributed by atoms with E-state index in [4.69, 9.17) is 5.73 Å². The van der Waals surface area contributed by atoms with Crippen molar-refractivity contribution in [2.45, 2.75) is 38.8 Å². The first-order valence-electron chi connectivity index (χ1n) is 7.89. The van der Waals surface area contributed by atoms with Gasteiger partial charge in [0, 0.05) is 31.7 Å². The van der Waals surface area contributed by atoms with Crippen LogP contribution in [0.2, 0.25) is 0 Å². The molecule has 2 amide bonds. The van der Waals surface area contributed by atoms with Crippen molar-refractivity contribution in [1.29, 1.82) is 0 Å². The van der Waals surface area contributed by atoms with Crippen LogP contribution in [0.3, 0.4) is 0 Å². The first-order valence-corrected chi connectivity index (χ1v) is 7.89. The number of amides is 2. The maximum Gasteiger partial charge on any atom is 0.271 e. The number of nitrogens with two attached hydrogens (primary N) is 1. The highest BCUT2D eigenvalue weighted by molar-refractivity contribution is 5.92. The number of aromatic nitrogens is 2. The lowest BCUT2D eigenvalue weighted by Gasteiger charge is -2.31. The van der Waals surface area contributed by atoms with Crippen molar-refractivity contribution in [2.24, 2.45) is 5.73 Å². The molecule has 0 atom stereocenters. The van der Waals surface area contributed by atoms with Gasteiger partial charge in [-0.05, 0) is 25.3 Å². The van der Waals surface area contributed by atoms with Crippen LogP contribution in [0, 0.1) is 0 Å². The van der Waals surface area contributed by atoms with Gasteiger partial charge in [0.15, 0.2) is 0 Å². The molecule has 0 saturated carbocycles. The molecule has 0 radical (unpaired) electrons. The molecule has 0 aromatic carbocycles. The zero-order chi connectivity index (χ0) is 16.8. The van der Waals surface area contributed by atoms with Crippen LogP contribution in [0.1, 0.15) is 36.7 Å². The third-order valence-electron chi connectivity index (χ3n) is 3.84. The lowest BCUT2D eigenvalue weighted by molar-refractivity contribution is -0.119. The molecule has 1 saturated heterocycles. The molecule has 8 nitrogen and oxygen atoms in total. The standard InChI is InChI=1S/C15H23N5O3/c1-2-7-20-14(22)4-3-12(18-20)15(23)17-11-5-8-19(9-6-11)10-13(16)21/h3-4,11H,2,5-10H2,1H3,(H2,16,21)(H,17,23). The number of nitrogens with zero attached hydrogens (tertiary/aromatic N) is 3. The van der Waals surface area contributed by atoms with Crippen molar-refractivity contribution in [1.82, 2.24) is 20.0 Å². The minimum absolute atomic E-state index is 0.0416. The molecule has 8 heteroatoms. The molecule has 0 bridgehead atoms. The van der Waals surface area contributed by atoms with E-state index in [-0.39, 0.29) is 35.7 Å². The first kappa shape index (κ1) is 17.1. The molecule has 1 aromatic rings. The van der Waals surface area contributed by atoms with E-state index >= 15 is 0 Å². The zero-order valence-electron chi connectivity index (χ0n) is 13.3. The summed E-state index contributed by atoms with van der Waals surface area (Å²) >= 11 is 0. The summed E-state index contributed by atoms with van der Waals surface area (Å²) in [5.41, 5.74) is 5.22. The SMILES string of the molecule is CCCn1nc(C(=O)NC2CCN(CC(N)=O)CC2)ccc1=O. The van der Waals surface area contributed by atoms with E-state index in [2.05, 4.69) is 10.4 Å². The lowest BCUT2D eigenvalue weighted by atomic mass is 10.0. The fraction of sp³-hybridized carbons (Fsp3) is 0.600. The summed E-state index contributed by atoms with van der Waals surface area (Å²) in [4.78, 5) is 36.8. The van der Waals surface area contributed by atoms with E-state index in [0.29, 0.717) is 6.54 Å². The number of likely N-dealkylation sites (tertiary alicyclic amines) is 1. The molecule has 1 aliphatic rings. The molecule has 0 aliphatic carbocycles. The summed E-state index contributed by atoms with van der Waals surface area (Å²) in [5.74, 6) is -0.613. The Labute approximate surface area is 134 Å². The number of carbonyl (C=O) groups excluding carboxylic acids is 2. The number of hydrogen-bond donors (Lipinski definition) is 2. The summed E-state index contributed by atoms with van der Waals surface area (Å²) in [6, 6.07) is 2.86. The molecule has 2 heterocycles. The van der Waals surface area contributed by atoms with Gasteiger partial charge in [0.05, 0.1) is 6.54 Å². The van der Waals surface area contributed by atoms with E-state index in [9.17, 15) is 14.4 Å². The largest absolute Gasteiger partial charge is 0.369 e. The van der Waals surface area contributed by atoms with E-state index in [1.54, 1.807) is 0 Å². The molecule has 1 aliphatic heterocycles. The van der Waals surface area contributed by atoms with Crippen molar-refractivity contribution in [2.75, 3.05) is 19.6 Å². The Bertz CT molecular complexity index is 620. The Morgan fingerprint density at radius 1 is 1.35 bits per heavy atom. The monoisotopic (exact) mass is 321 g/mol. The summed E-state index contributed by atoms with van der Waals surface area (Å²) in [5, 5.41) is 7.04. The van der Waals surface area contributed by atoms with E-state index in [1.165, 1.54) is 16.8 Å². The Balaban J connectivity index is 1.91. The number of rotatable bonds is 6. The van der Waals surface area contributed by atoms with Crippen molar-refractivity contribution >= 4 is 11.8 Å². The molecule has 2 rings (SSSR count). The number of hydrogen-bond acceptors (Lipinski definition) is 5. The quantitative estimate of drug-likeness (QED) is 0.722. The van der Waals surface area contributed by atoms with Crippen molar-refractivity contribution < 1.29 is 9.59 Å². The highest BCUT2D eigenvalue weighted by Crippen LogP contribution is 2.10. The summed E-state index contributed by atoms with van der Waals surface area (Å²) in [6.45, 7) is 4.13. The maximum absolute atomic E-state index is 12.3.